The van der Waals surface area contributed by atoms with Gasteiger partial charge in [0, 0.05) is 12.5 Å². The van der Waals surface area contributed by atoms with Crippen molar-refractivity contribution in [2.45, 2.75) is 13.3 Å². The van der Waals surface area contributed by atoms with Crippen molar-refractivity contribution in [1.29, 1.82) is 0 Å². The van der Waals surface area contributed by atoms with Gasteiger partial charge in [-0.05, 0) is 22.8 Å². The van der Waals surface area contributed by atoms with Gasteiger partial charge in [0.15, 0.2) is 0 Å². The van der Waals surface area contributed by atoms with Gasteiger partial charge in [-0.25, -0.2) is 0 Å². The van der Waals surface area contributed by atoms with Crippen LogP contribution in [0.25, 0.3) is 22.5 Å². The first-order chi connectivity index (χ1) is 10.6. The number of nitrogens with two attached hydrogens (primary N) is 1. The first-order valence-corrected chi connectivity index (χ1v) is 6.91. The van der Waals surface area contributed by atoms with E-state index in [1.54, 1.807) is 6.92 Å². The summed E-state index contributed by atoms with van der Waals surface area (Å²) < 4.78 is 5.08. The van der Waals surface area contributed by atoms with Crippen molar-refractivity contribution in [3.63, 3.8) is 0 Å². The van der Waals surface area contributed by atoms with Gasteiger partial charge in [0.1, 0.15) is 0 Å². The third-order valence-electron chi connectivity index (χ3n) is 3.32. The lowest BCUT2D eigenvalue weighted by Gasteiger charge is -2.09. The predicted octanol–water partition coefficient (Wildman–Crippen LogP) is 2.74. The minimum Gasteiger partial charge on any atom is -0.369 e. The summed E-state index contributed by atoms with van der Waals surface area (Å²) in [4.78, 5) is 15.4. The Morgan fingerprint density at radius 2 is 1.91 bits per heavy atom. The molecule has 0 spiro atoms. The number of aryl methyl sites for hydroxylation is 1. The molecular formula is C17H15N3O2. The second-order valence-electron chi connectivity index (χ2n) is 5.03. The van der Waals surface area contributed by atoms with Gasteiger partial charge in [-0.1, -0.05) is 47.6 Å². The Hall–Kier alpha value is -2.95. The Balaban J connectivity index is 2.15. The van der Waals surface area contributed by atoms with Crippen LogP contribution in [0.2, 0.25) is 0 Å². The molecule has 0 aliphatic carbocycles. The second kappa shape index (κ2) is 5.81. The number of amides is 1. The monoisotopic (exact) mass is 293 g/mol. The molecule has 0 atom stereocenters. The summed E-state index contributed by atoms with van der Waals surface area (Å²) in [5, 5.41) is 3.99. The Morgan fingerprint density at radius 1 is 1.14 bits per heavy atom. The van der Waals surface area contributed by atoms with Crippen molar-refractivity contribution in [2.24, 2.45) is 5.73 Å². The highest BCUT2D eigenvalue weighted by molar-refractivity contribution is 5.83. The minimum absolute atomic E-state index is 0.179. The highest BCUT2D eigenvalue weighted by atomic mass is 16.5. The van der Waals surface area contributed by atoms with Crippen LogP contribution in [0.4, 0.5) is 0 Å². The maximum absolute atomic E-state index is 11.1. The molecule has 1 heterocycles. The predicted molar refractivity (Wildman–Crippen MR) is 82.8 cm³/mol. The zero-order valence-corrected chi connectivity index (χ0v) is 12.1. The minimum atomic E-state index is -0.372. The largest absolute Gasteiger partial charge is 0.369 e. The first kappa shape index (κ1) is 14.0. The third kappa shape index (κ3) is 2.88. The highest BCUT2D eigenvalue weighted by Crippen LogP contribution is 2.31. The van der Waals surface area contributed by atoms with Crippen molar-refractivity contribution in [3.8, 4) is 22.5 Å². The SMILES string of the molecule is Cc1nc(-c2cc(CC(N)=O)ccc2-c2ccccc2)no1. The molecule has 3 aromatic rings. The number of hydrogen-bond donors (Lipinski definition) is 1. The molecule has 0 radical (unpaired) electrons. The Labute approximate surface area is 127 Å². The summed E-state index contributed by atoms with van der Waals surface area (Å²) in [5.41, 5.74) is 8.95. The second-order valence-corrected chi connectivity index (χ2v) is 5.03. The number of aromatic nitrogens is 2. The van der Waals surface area contributed by atoms with Gasteiger partial charge < -0.3 is 10.3 Å². The van der Waals surface area contributed by atoms with Crippen LogP contribution < -0.4 is 5.73 Å². The van der Waals surface area contributed by atoms with Crippen molar-refractivity contribution < 1.29 is 9.32 Å². The van der Waals surface area contributed by atoms with Gasteiger partial charge in [-0.2, -0.15) is 4.98 Å². The lowest BCUT2D eigenvalue weighted by molar-refractivity contribution is -0.117. The van der Waals surface area contributed by atoms with Crippen LogP contribution >= 0.6 is 0 Å². The van der Waals surface area contributed by atoms with Crippen LogP contribution in [0.15, 0.2) is 53.1 Å². The molecule has 0 aliphatic heterocycles. The number of hydrogen-bond acceptors (Lipinski definition) is 4. The number of benzene rings is 2. The van der Waals surface area contributed by atoms with Gasteiger partial charge >= 0.3 is 0 Å². The van der Waals surface area contributed by atoms with E-state index in [0.29, 0.717) is 11.7 Å². The van der Waals surface area contributed by atoms with Gasteiger partial charge in [0.25, 0.3) is 0 Å². The summed E-state index contributed by atoms with van der Waals surface area (Å²) >= 11 is 0. The quantitative estimate of drug-likeness (QED) is 0.801. The molecule has 1 aromatic heterocycles. The molecule has 2 aromatic carbocycles. The fraction of sp³-hybridized carbons (Fsp3) is 0.118. The summed E-state index contributed by atoms with van der Waals surface area (Å²) in [7, 11) is 0. The average molecular weight is 293 g/mol. The Morgan fingerprint density at radius 3 is 2.55 bits per heavy atom. The summed E-state index contributed by atoms with van der Waals surface area (Å²) in [5.74, 6) is 0.625. The molecule has 5 nitrogen and oxygen atoms in total. The van der Waals surface area contributed by atoms with Crippen molar-refractivity contribution >= 4 is 5.91 Å². The van der Waals surface area contributed by atoms with Gasteiger partial charge in [0.2, 0.25) is 17.6 Å². The van der Waals surface area contributed by atoms with E-state index in [2.05, 4.69) is 10.1 Å². The number of primary amides is 1. The van der Waals surface area contributed by atoms with Gasteiger partial charge in [-0.15, -0.1) is 0 Å². The van der Waals surface area contributed by atoms with E-state index in [9.17, 15) is 4.79 Å². The number of nitrogens with zero attached hydrogens (tertiary/aromatic N) is 2. The van der Waals surface area contributed by atoms with Crippen LogP contribution in [-0.4, -0.2) is 16.0 Å². The van der Waals surface area contributed by atoms with E-state index >= 15 is 0 Å². The van der Waals surface area contributed by atoms with Crippen LogP contribution in [0.1, 0.15) is 11.5 Å². The molecule has 1 amide bonds. The van der Waals surface area contributed by atoms with Crippen LogP contribution in [0.3, 0.4) is 0 Å². The molecule has 110 valence electrons. The van der Waals surface area contributed by atoms with Crippen LogP contribution in [-0.2, 0) is 11.2 Å². The van der Waals surface area contributed by atoms with E-state index in [0.717, 1.165) is 22.3 Å². The van der Waals surface area contributed by atoms with Crippen molar-refractivity contribution in [1.82, 2.24) is 10.1 Å². The molecule has 0 fully saturated rings. The highest BCUT2D eigenvalue weighted by Gasteiger charge is 2.14. The maximum atomic E-state index is 11.1. The van der Waals surface area contributed by atoms with Crippen molar-refractivity contribution in [3.05, 3.63) is 60.0 Å². The van der Waals surface area contributed by atoms with Gasteiger partial charge in [0.05, 0.1) is 6.42 Å². The Bertz CT molecular complexity index is 810. The number of carbonyl (C=O) groups excluding carboxylic acids is 1. The van der Waals surface area contributed by atoms with Crippen molar-refractivity contribution in [2.75, 3.05) is 0 Å². The van der Waals surface area contributed by atoms with E-state index in [-0.39, 0.29) is 12.3 Å². The normalized spacial score (nSPS) is 10.6. The van der Waals surface area contributed by atoms with E-state index < -0.39 is 0 Å². The average Bonchev–Trinajstić information content (AvgIpc) is 2.94. The van der Waals surface area contributed by atoms with E-state index in [1.807, 2.05) is 48.5 Å². The number of carbonyl (C=O) groups is 1. The topological polar surface area (TPSA) is 82.0 Å². The molecule has 0 unspecified atom stereocenters. The standard InChI is InChI=1S/C17H15N3O2/c1-11-19-17(20-22-11)15-9-12(10-16(18)21)7-8-14(15)13-5-3-2-4-6-13/h2-9H,10H2,1H3,(H2,18,21). The fourth-order valence-corrected chi connectivity index (χ4v) is 2.37. The fourth-order valence-electron chi connectivity index (χ4n) is 2.37. The molecule has 22 heavy (non-hydrogen) atoms. The van der Waals surface area contributed by atoms with E-state index in [4.69, 9.17) is 10.3 Å². The number of rotatable bonds is 4. The molecular weight excluding hydrogens is 278 g/mol. The lowest BCUT2D eigenvalue weighted by atomic mass is 9.96. The molecule has 2 N–H and O–H groups in total. The smallest absolute Gasteiger partial charge is 0.223 e. The third-order valence-corrected chi connectivity index (χ3v) is 3.32. The molecule has 0 bridgehead atoms. The van der Waals surface area contributed by atoms with E-state index in [1.165, 1.54) is 0 Å². The summed E-state index contributed by atoms with van der Waals surface area (Å²) in [6.07, 6.45) is 0.179. The summed E-state index contributed by atoms with van der Waals surface area (Å²) in [6.45, 7) is 1.74. The van der Waals surface area contributed by atoms with Crippen LogP contribution in [0.5, 0.6) is 0 Å². The zero-order chi connectivity index (χ0) is 15.5. The lowest BCUT2D eigenvalue weighted by Crippen LogP contribution is -2.13. The maximum Gasteiger partial charge on any atom is 0.223 e. The molecule has 0 saturated heterocycles. The van der Waals surface area contributed by atoms with Gasteiger partial charge in [-0.3, -0.25) is 4.79 Å². The molecule has 0 saturated carbocycles. The summed E-state index contributed by atoms with van der Waals surface area (Å²) in [6, 6.07) is 15.7. The molecule has 3 rings (SSSR count). The molecule has 0 aliphatic rings. The zero-order valence-electron chi connectivity index (χ0n) is 12.1. The Kier molecular flexibility index (Phi) is 3.70. The first-order valence-electron chi connectivity index (χ1n) is 6.91. The molecule has 5 heteroatoms. The van der Waals surface area contributed by atoms with Crippen LogP contribution in [0, 0.1) is 6.92 Å².